The van der Waals surface area contributed by atoms with Crippen molar-refractivity contribution in [2.24, 2.45) is 0 Å². The number of hydrogen-bond acceptors (Lipinski definition) is 5. The highest BCUT2D eigenvalue weighted by Crippen LogP contribution is 2.24. The highest BCUT2D eigenvalue weighted by atomic mass is 16.5. The normalized spacial score (nSPS) is 12.8. The van der Waals surface area contributed by atoms with Crippen LogP contribution in [0.3, 0.4) is 0 Å². The molecular weight excluding hydrogens is 396 g/mol. The fourth-order valence-corrected chi connectivity index (χ4v) is 3.63. The Kier molecular flexibility index (Phi) is 5.58. The Morgan fingerprint density at radius 2 is 2.06 bits per heavy atom. The lowest BCUT2D eigenvalue weighted by atomic mass is 10.1. The second kappa shape index (κ2) is 8.47. The molecule has 1 aliphatic rings. The van der Waals surface area contributed by atoms with Crippen molar-refractivity contribution < 1.29 is 23.5 Å². The van der Waals surface area contributed by atoms with E-state index in [-0.39, 0.29) is 24.7 Å². The van der Waals surface area contributed by atoms with Crippen LogP contribution in [0, 0.1) is 13.8 Å². The van der Waals surface area contributed by atoms with Crippen LogP contribution in [0.15, 0.2) is 53.2 Å². The van der Waals surface area contributed by atoms with Crippen molar-refractivity contribution in [2.75, 3.05) is 11.9 Å². The molecule has 1 aromatic carbocycles. The molecule has 31 heavy (non-hydrogen) atoms. The molecule has 0 bridgehead atoms. The third kappa shape index (κ3) is 4.50. The number of amides is 1. The summed E-state index contributed by atoms with van der Waals surface area (Å²) in [5, 5.41) is 2.72. The fraction of sp³-hybridized carbons (Fsp3) is 0.208. The van der Waals surface area contributed by atoms with Crippen molar-refractivity contribution in [1.29, 1.82) is 0 Å². The molecule has 0 fully saturated rings. The first-order valence-corrected chi connectivity index (χ1v) is 9.90. The molecule has 0 atom stereocenters. The summed E-state index contributed by atoms with van der Waals surface area (Å²) in [4.78, 5) is 35.9. The maximum absolute atomic E-state index is 12.3. The number of anilines is 1. The minimum Gasteiger partial charge on any atom is -0.467 e. The van der Waals surface area contributed by atoms with Crippen molar-refractivity contribution in [3.63, 3.8) is 0 Å². The summed E-state index contributed by atoms with van der Waals surface area (Å²) in [6, 6.07) is 10.7. The fourth-order valence-electron chi connectivity index (χ4n) is 3.63. The van der Waals surface area contributed by atoms with Gasteiger partial charge in [0.1, 0.15) is 5.76 Å². The van der Waals surface area contributed by atoms with E-state index in [4.69, 9.17) is 9.15 Å². The van der Waals surface area contributed by atoms with Crippen LogP contribution >= 0.6 is 0 Å². The van der Waals surface area contributed by atoms with Crippen molar-refractivity contribution in [1.82, 2.24) is 4.57 Å². The maximum Gasteiger partial charge on any atom is 0.331 e. The largest absolute Gasteiger partial charge is 0.467 e. The zero-order valence-corrected chi connectivity index (χ0v) is 17.3. The minimum atomic E-state index is -0.595. The van der Waals surface area contributed by atoms with Gasteiger partial charge in [0.2, 0.25) is 5.91 Å². The molecule has 0 radical (unpaired) electrons. The van der Waals surface area contributed by atoms with Crippen LogP contribution in [0.4, 0.5) is 5.69 Å². The van der Waals surface area contributed by atoms with Gasteiger partial charge in [-0.3, -0.25) is 9.59 Å². The maximum atomic E-state index is 12.3. The lowest BCUT2D eigenvalue weighted by molar-refractivity contribution is -0.136. The Hall–Kier alpha value is -3.87. The molecule has 2 aromatic heterocycles. The lowest BCUT2D eigenvalue weighted by Crippen LogP contribution is -2.12. The number of ketones is 1. The average molecular weight is 418 g/mol. The van der Waals surface area contributed by atoms with Crippen LogP contribution in [0.1, 0.15) is 38.6 Å². The number of furan rings is 1. The number of carbonyl (C=O) groups is 3. The molecule has 7 nitrogen and oxygen atoms in total. The quantitative estimate of drug-likeness (QED) is 0.359. The van der Waals surface area contributed by atoms with E-state index in [2.05, 4.69) is 9.88 Å². The van der Waals surface area contributed by atoms with Gasteiger partial charge >= 0.3 is 5.97 Å². The van der Waals surface area contributed by atoms with Crippen LogP contribution in [0.25, 0.3) is 6.08 Å². The van der Waals surface area contributed by atoms with Gasteiger partial charge in [0.25, 0.3) is 0 Å². The lowest BCUT2D eigenvalue weighted by Gasteiger charge is -2.07. The summed E-state index contributed by atoms with van der Waals surface area (Å²) in [5.74, 6) is -0.163. The highest BCUT2D eigenvalue weighted by molar-refractivity contribution is 6.03. The smallest absolute Gasteiger partial charge is 0.331 e. The summed E-state index contributed by atoms with van der Waals surface area (Å²) < 4.78 is 12.6. The molecular formula is C24H22N2O5. The van der Waals surface area contributed by atoms with Gasteiger partial charge in [-0.1, -0.05) is 0 Å². The Bertz CT molecular complexity index is 1190. The second-order valence-electron chi connectivity index (χ2n) is 7.45. The monoisotopic (exact) mass is 418 g/mol. The van der Waals surface area contributed by atoms with Crippen LogP contribution in [0.2, 0.25) is 0 Å². The standard InChI is InChI=1S/C24H22N2O5/c1-15-10-17(16(2)26(15)13-20-4-3-9-30-20)6-8-24(29)31-14-22(27)18-5-7-21-19(11-18)12-23(28)25-21/h3-11H,12-14H2,1-2H3,(H,25,28)/b8-6+. The van der Waals surface area contributed by atoms with Gasteiger partial charge in [0.05, 0.1) is 19.2 Å². The van der Waals surface area contributed by atoms with E-state index >= 15 is 0 Å². The number of nitrogens with zero attached hydrogens (tertiary/aromatic N) is 1. The first kappa shape index (κ1) is 20.4. The van der Waals surface area contributed by atoms with Crippen molar-refractivity contribution in [2.45, 2.75) is 26.8 Å². The van der Waals surface area contributed by atoms with E-state index < -0.39 is 5.97 Å². The van der Waals surface area contributed by atoms with E-state index in [0.717, 1.165) is 28.3 Å². The van der Waals surface area contributed by atoms with Gasteiger partial charge in [-0.2, -0.15) is 0 Å². The number of nitrogens with one attached hydrogen (secondary N) is 1. The molecule has 1 aliphatic heterocycles. The van der Waals surface area contributed by atoms with Gasteiger partial charge in [-0.05, 0) is 67.4 Å². The van der Waals surface area contributed by atoms with E-state index in [1.165, 1.54) is 6.08 Å². The van der Waals surface area contributed by atoms with Gasteiger partial charge in [-0.25, -0.2) is 4.79 Å². The molecule has 7 heteroatoms. The summed E-state index contributed by atoms with van der Waals surface area (Å²) in [6.07, 6.45) is 4.89. The Balaban J connectivity index is 1.35. The average Bonchev–Trinajstić information content (AvgIpc) is 3.45. The molecule has 158 valence electrons. The molecule has 3 aromatic rings. The SMILES string of the molecule is Cc1cc(/C=C/C(=O)OCC(=O)c2ccc3c(c2)CC(=O)N3)c(C)n1Cc1ccco1. The topological polar surface area (TPSA) is 90.5 Å². The van der Waals surface area contributed by atoms with Crippen molar-refractivity contribution >= 4 is 29.4 Å². The van der Waals surface area contributed by atoms with Gasteiger partial charge in [-0.15, -0.1) is 0 Å². The molecule has 1 amide bonds. The second-order valence-corrected chi connectivity index (χ2v) is 7.45. The number of hydrogen-bond donors (Lipinski definition) is 1. The minimum absolute atomic E-state index is 0.0975. The molecule has 4 rings (SSSR count). The number of benzene rings is 1. The van der Waals surface area contributed by atoms with Crippen LogP contribution in [0.5, 0.6) is 0 Å². The first-order chi connectivity index (χ1) is 14.9. The Morgan fingerprint density at radius 3 is 2.84 bits per heavy atom. The van der Waals surface area contributed by atoms with E-state index in [1.807, 2.05) is 32.0 Å². The van der Waals surface area contributed by atoms with Gasteiger partial charge in [0, 0.05) is 28.7 Å². The predicted octanol–water partition coefficient (Wildman–Crippen LogP) is 3.68. The van der Waals surface area contributed by atoms with Crippen LogP contribution in [-0.4, -0.2) is 28.8 Å². The third-order valence-electron chi connectivity index (χ3n) is 5.30. The van der Waals surface area contributed by atoms with E-state index in [9.17, 15) is 14.4 Å². The number of ether oxygens (including phenoxy) is 1. The van der Waals surface area contributed by atoms with Gasteiger partial charge in [0.15, 0.2) is 12.4 Å². The number of fused-ring (bicyclic) bond motifs is 1. The molecule has 3 heterocycles. The molecule has 0 saturated carbocycles. The number of aryl methyl sites for hydroxylation is 1. The third-order valence-corrected chi connectivity index (χ3v) is 5.30. The summed E-state index contributed by atoms with van der Waals surface area (Å²) >= 11 is 0. The Morgan fingerprint density at radius 1 is 1.23 bits per heavy atom. The van der Waals surface area contributed by atoms with Crippen LogP contribution < -0.4 is 5.32 Å². The molecule has 0 spiro atoms. The van der Waals surface area contributed by atoms with Crippen LogP contribution in [-0.2, 0) is 27.3 Å². The number of carbonyl (C=O) groups excluding carboxylic acids is 3. The first-order valence-electron chi connectivity index (χ1n) is 9.90. The number of Topliss-reactive ketones (excluding diaryl/α,β-unsaturated/α-hetero) is 1. The highest BCUT2D eigenvalue weighted by Gasteiger charge is 2.19. The summed E-state index contributed by atoms with van der Waals surface area (Å²) in [5.41, 5.74) is 4.83. The molecule has 1 N–H and O–H groups in total. The van der Waals surface area contributed by atoms with Crippen molar-refractivity contribution in [3.8, 4) is 0 Å². The Labute approximate surface area is 179 Å². The molecule has 0 unspecified atom stereocenters. The van der Waals surface area contributed by atoms with E-state index in [1.54, 1.807) is 30.5 Å². The number of esters is 1. The zero-order chi connectivity index (χ0) is 22.0. The predicted molar refractivity (Wildman–Crippen MR) is 115 cm³/mol. The van der Waals surface area contributed by atoms with Gasteiger partial charge < -0.3 is 19.0 Å². The molecule has 0 saturated heterocycles. The summed E-state index contributed by atoms with van der Waals surface area (Å²) in [7, 11) is 0. The van der Waals surface area contributed by atoms with Crippen molar-refractivity contribution in [3.05, 3.63) is 82.6 Å². The summed E-state index contributed by atoms with van der Waals surface area (Å²) in [6.45, 7) is 4.21. The number of rotatable bonds is 7. The van der Waals surface area contributed by atoms with E-state index in [0.29, 0.717) is 17.8 Å². The number of aromatic nitrogens is 1. The zero-order valence-electron chi connectivity index (χ0n) is 17.3. The molecule has 0 aliphatic carbocycles.